The minimum absolute atomic E-state index is 0.137. The molecule has 4 heterocycles. The third-order valence-electron chi connectivity index (χ3n) is 6.90. The Morgan fingerprint density at radius 3 is 2.80 bits per heavy atom. The van der Waals surface area contributed by atoms with Gasteiger partial charge in [-0.1, -0.05) is 12.1 Å². The molecular formula is C24H27N7O4. The van der Waals surface area contributed by atoms with Gasteiger partial charge in [0.1, 0.15) is 11.9 Å². The molecule has 3 aromatic rings. The van der Waals surface area contributed by atoms with Crippen LogP contribution in [0, 0.1) is 13.8 Å². The summed E-state index contributed by atoms with van der Waals surface area (Å²) in [5.74, 6) is -0.773. The smallest absolute Gasteiger partial charge is 0.325 e. The third kappa shape index (κ3) is 4.01. The summed E-state index contributed by atoms with van der Waals surface area (Å²) in [5, 5.41) is 13.9. The van der Waals surface area contributed by atoms with Crippen LogP contribution in [-0.4, -0.2) is 66.7 Å². The van der Waals surface area contributed by atoms with Gasteiger partial charge in [0.25, 0.3) is 5.91 Å². The molecule has 0 unspecified atom stereocenters. The molecule has 2 atom stereocenters. The molecule has 0 saturated carbocycles. The molecule has 182 valence electrons. The fourth-order valence-electron chi connectivity index (χ4n) is 4.86. The average Bonchev–Trinajstić information content (AvgIpc) is 3.64. The Morgan fingerprint density at radius 2 is 2.09 bits per heavy atom. The predicted octanol–water partition coefficient (Wildman–Crippen LogP) is 1.91. The fraction of sp³-hybridized carbons (Fsp3) is 0.417. The van der Waals surface area contributed by atoms with Gasteiger partial charge in [0.2, 0.25) is 0 Å². The molecule has 1 N–H and O–H groups in total. The van der Waals surface area contributed by atoms with Gasteiger partial charge in [-0.2, -0.15) is 0 Å². The van der Waals surface area contributed by atoms with Gasteiger partial charge in [-0.25, -0.2) is 9.48 Å². The van der Waals surface area contributed by atoms with Crippen molar-refractivity contribution in [1.29, 1.82) is 0 Å². The number of aromatic nitrogens is 5. The number of imide groups is 1. The minimum atomic E-state index is -1.32. The molecule has 11 heteroatoms. The van der Waals surface area contributed by atoms with E-state index < -0.39 is 17.5 Å². The lowest BCUT2D eigenvalue weighted by Gasteiger charge is -2.22. The molecule has 2 aliphatic heterocycles. The standard InChI is InChI=1S/C24H27N7O4/c1-15-10-20(16(2)29(15)12-19-8-5-9-35-19)21(32)13-30-22(33)24(3,26-23(30)34)17-6-4-7-18(11-17)31-14-25-27-28-31/h4,6-7,10-11,14,19H,5,8-9,12-13H2,1-3H3,(H,26,34)/t19-,24+/m1/s1. The Hall–Kier alpha value is -3.86. The predicted molar refractivity (Wildman–Crippen MR) is 124 cm³/mol. The van der Waals surface area contributed by atoms with Crippen LogP contribution in [0.15, 0.2) is 36.7 Å². The molecule has 0 aliphatic carbocycles. The number of carbonyl (C=O) groups excluding carboxylic acids is 3. The van der Waals surface area contributed by atoms with Crippen molar-refractivity contribution in [2.75, 3.05) is 13.2 Å². The molecule has 11 nitrogen and oxygen atoms in total. The van der Waals surface area contributed by atoms with Gasteiger partial charge >= 0.3 is 6.03 Å². The maximum Gasteiger partial charge on any atom is 0.325 e. The summed E-state index contributed by atoms with van der Waals surface area (Å²) in [4.78, 5) is 40.4. The van der Waals surface area contributed by atoms with Gasteiger partial charge in [-0.05, 0) is 67.8 Å². The zero-order valence-corrected chi connectivity index (χ0v) is 19.9. The van der Waals surface area contributed by atoms with E-state index in [1.165, 1.54) is 11.0 Å². The van der Waals surface area contributed by atoms with Crippen LogP contribution >= 0.6 is 0 Å². The van der Waals surface area contributed by atoms with E-state index in [0.29, 0.717) is 23.4 Å². The highest BCUT2D eigenvalue weighted by atomic mass is 16.5. The fourth-order valence-corrected chi connectivity index (χ4v) is 4.86. The maximum absolute atomic E-state index is 13.4. The van der Waals surface area contributed by atoms with E-state index >= 15 is 0 Å². The van der Waals surface area contributed by atoms with Crippen molar-refractivity contribution in [3.63, 3.8) is 0 Å². The van der Waals surface area contributed by atoms with Gasteiger partial charge < -0.3 is 14.6 Å². The lowest BCUT2D eigenvalue weighted by atomic mass is 9.91. The van der Waals surface area contributed by atoms with E-state index in [2.05, 4.69) is 25.4 Å². The number of hydrogen-bond acceptors (Lipinski definition) is 7. The van der Waals surface area contributed by atoms with Crippen molar-refractivity contribution in [2.45, 2.75) is 51.8 Å². The topological polar surface area (TPSA) is 124 Å². The Bertz CT molecular complexity index is 1290. The number of ketones is 1. The van der Waals surface area contributed by atoms with Gasteiger partial charge in [0.05, 0.1) is 18.3 Å². The number of nitrogens with zero attached hydrogens (tertiary/aromatic N) is 6. The largest absolute Gasteiger partial charge is 0.376 e. The van der Waals surface area contributed by atoms with Crippen LogP contribution in [0.25, 0.3) is 5.69 Å². The number of benzene rings is 1. The van der Waals surface area contributed by atoms with Crippen molar-refractivity contribution >= 4 is 17.7 Å². The lowest BCUT2D eigenvalue weighted by Crippen LogP contribution is -2.41. The van der Waals surface area contributed by atoms with Crippen LogP contribution in [0.4, 0.5) is 4.79 Å². The molecule has 2 saturated heterocycles. The summed E-state index contributed by atoms with van der Waals surface area (Å²) < 4.78 is 9.28. The summed E-state index contributed by atoms with van der Waals surface area (Å²) >= 11 is 0. The second-order valence-electron chi connectivity index (χ2n) is 9.20. The van der Waals surface area contributed by atoms with Crippen LogP contribution in [0.5, 0.6) is 0 Å². The molecule has 3 amide bonds. The minimum Gasteiger partial charge on any atom is -0.376 e. The highest BCUT2D eigenvalue weighted by Gasteiger charge is 2.49. The van der Waals surface area contributed by atoms with Gasteiger partial charge in [0, 0.05) is 30.1 Å². The van der Waals surface area contributed by atoms with Crippen LogP contribution in [0.3, 0.4) is 0 Å². The number of carbonyl (C=O) groups is 3. The van der Waals surface area contributed by atoms with Crippen LogP contribution in [0.1, 0.15) is 47.1 Å². The second kappa shape index (κ2) is 8.73. The van der Waals surface area contributed by atoms with E-state index in [9.17, 15) is 14.4 Å². The molecule has 35 heavy (non-hydrogen) atoms. The van der Waals surface area contributed by atoms with Gasteiger partial charge in [-0.3, -0.25) is 14.5 Å². The normalized spacial score (nSPS) is 22.1. The van der Waals surface area contributed by atoms with E-state index in [-0.39, 0.29) is 18.4 Å². The Labute approximate surface area is 202 Å². The van der Waals surface area contributed by atoms with Gasteiger partial charge in [-0.15, -0.1) is 5.10 Å². The van der Waals surface area contributed by atoms with Gasteiger partial charge in [0.15, 0.2) is 5.78 Å². The first-order valence-electron chi connectivity index (χ1n) is 11.6. The number of rotatable bonds is 7. The zero-order valence-electron chi connectivity index (χ0n) is 19.9. The highest BCUT2D eigenvalue weighted by molar-refractivity contribution is 6.11. The lowest BCUT2D eigenvalue weighted by molar-refractivity contribution is -0.130. The second-order valence-corrected chi connectivity index (χ2v) is 9.20. The van der Waals surface area contributed by atoms with E-state index in [4.69, 9.17) is 4.74 Å². The van der Waals surface area contributed by atoms with Crippen LogP contribution in [0.2, 0.25) is 0 Å². The Kier molecular flexibility index (Phi) is 5.72. The molecule has 0 spiro atoms. The molecular weight excluding hydrogens is 450 g/mol. The van der Waals surface area contributed by atoms with E-state index in [0.717, 1.165) is 35.7 Å². The number of hydrogen-bond donors (Lipinski definition) is 1. The first-order chi connectivity index (χ1) is 16.8. The van der Waals surface area contributed by atoms with Crippen molar-refractivity contribution in [3.8, 4) is 5.69 Å². The maximum atomic E-state index is 13.4. The summed E-state index contributed by atoms with van der Waals surface area (Å²) in [7, 11) is 0. The number of Topliss-reactive ketones (excluding diaryl/α,β-unsaturated/α-hetero) is 1. The molecule has 2 aromatic heterocycles. The van der Waals surface area contributed by atoms with Crippen LogP contribution in [-0.2, 0) is 21.6 Å². The summed E-state index contributed by atoms with van der Waals surface area (Å²) in [6, 6.07) is 8.24. The summed E-state index contributed by atoms with van der Waals surface area (Å²) in [5.41, 5.74) is 2.15. The SMILES string of the molecule is Cc1cc(C(=O)CN2C(=O)N[C@@](C)(c3cccc(-n4cnnn4)c3)C2=O)c(C)n1C[C@H]1CCCO1. The number of ether oxygens (including phenoxy) is 1. The van der Waals surface area contributed by atoms with E-state index in [1.54, 1.807) is 31.2 Å². The van der Waals surface area contributed by atoms with Crippen molar-refractivity contribution in [2.24, 2.45) is 0 Å². The first kappa shape index (κ1) is 22.9. The van der Waals surface area contributed by atoms with Crippen molar-refractivity contribution in [1.82, 2.24) is 35.0 Å². The number of aryl methyl sites for hydroxylation is 1. The summed E-state index contributed by atoms with van der Waals surface area (Å²) in [6.45, 7) is 6.57. The number of amides is 3. The quantitative estimate of drug-likeness (QED) is 0.407. The Morgan fingerprint density at radius 1 is 1.26 bits per heavy atom. The highest BCUT2D eigenvalue weighted by Crippen LogP contribution is 2.30. The molecule has 0 radical (unpaired) electrons. The van der Waals surface area contributed by atoms with Crippen LogP contribution < -0.4 is 5.32 Å². The molecule has 0 bridgehead atoms. The third-order valence-corrected chi connectivity index (χ3v) is 6.90. The Balaban J connectivity index is 1.36. The van der Waals surface area contributed by atoms with E-state index in [1.807, 2.05) is 19.9 Å². The zero-order chi connectivity index (χ0) is 24.7. The molecule has 2 fully saturated rings. The monoisotopic (exact) mass is 477 g/mol. The average molecular weight is 478 g/mol. The molecule has 2 aliphatic rings. The van der Waals surface area contributed by atoms with Crippen molar-refractivity contribution in [3.05, 3.63) is 59.2 Å². The number of urea groups is 1. The molecule has 5 rings (SSSR count). The summed E-state index contributed by atoms with van der Waals surface area (Å²) in [6.07, 6.45) is 3.62. The van der Waals surface area contributed by atoms with Crippen molar-refractivity contribution < 1.29 is 19.1 Å². The number of tetrazole rings is 1. The first-order valence-corrected chi connectivity index (χ1v) is 11.6. The number of nitrogens with one attached hydrogen (secondary N) is 1. The molecule has 1 aromatic carbocycles.